The van der Waals surface area contributed by atoms with Gasteiger partial charge < -0.3 is 5.11 Å². The molecule has 5 heteroatoms. The van der Waals surface area contributed by atoms with Crippen LogP contribution in [0.1, 0.15) is 0 Å². The maximum atomic E-state index is 12.0. The number of rotatable bonds is 3. The first-order valence-corrected chi connectivity index (χ1v) is 5.01. The number of hydrogen-bond donors (Lipinski definition) is 1. The number of carbonyl (C=O) groups is 1. The molecule has 1 atom stereocenters. The number of nitrogens with zero attached hydrogens (tertiary/aromatic N) is 1. The van der Waals surface area contributed by atoms with E-state index in [-0.39, 0.29) is 6.54 Å². The first-order chi connectivity index (χ1) is 5.75. The number of carboxylic acids is 1. The van der Waals surface area contributed by atoms with Crippen LogP contribution in [0, 0.1) is 0 Å². The fourth-order valence-corrected chi connectivity index (χ4v) is 2.35. The van der Waals surface area contributed by atoms with E-state index in [1.54, 1.807) is 16.7 Å². The highest BCUT2D eigenvalue weighted by molar-refractivity contribution is 7.99. The quantitative estimate of drug-likeness (QED) is 0.707. The summed E-state index contributed by atoms with van der Waals surface area (Å²) in [6, 6.07) is -0.487. The number of carboxylic acid groups (broad SMARTS) is 1. The molecular formula is C7H12FNO2S. The molecule has 1 unspecified atom stereocenters. The van der Waals surface area contributed by atoms with Gasteiger partial charge in [0.1, 0.15) is 12.7 Å². The third-order valence-corrected chi connectivity index (χ3v) is 2.92. The van der Waals surface area contributed by atoms with Crippen LogP contribution in [0.15, 0.2) is 0 Å². The Bertz CT molecular complexity index is 165. The van der Waals surface area contributed by atoms with Crippen molar-refractivity contribution in [3.05, 3.63) is 0 Å². The zero-order valence-electron chi connectivity index (χ0n) is 6.70. The van der Waals surface area contributed by atoms with Crippen LogP contribution in [-0.4, -0.2) is 53.3 Å². The van der Waals surface area contributed by atoms with E-state index in [0.717, 1.165) is 5.75 Å². The Morgan fingerprint density at radius 1 is 1.75 bits per heavy atom. The maximum absolute atomic E-state index is 12.0. The molecule has 0 radical (unpaired) electrons. The fourth-order valence-electron chi connectivity index (χ4n) is 1.24. The van der Waals surface area contributed by atoms with Crippen LogP contribution < -0.4 is 0 Å². The van der Waals surface area contributed by atoms with Crippen LogP contribution in [0.5, 0.6) is 0 Å². The summed E-state index contributed by atoms with van der Waals surface area (Å²) in [7, 11) is 0. The Kier molecular flexibility index (Phi) is 3.81. The van der Waals surface area contributed by atoms with E-state index in [1.165, 1.54) is 0 Å². The minimum absolute atomic E-state index is 0.248. The van der Waals surface area contributed by atoms with Crippen LogP contribution in [-0.2, 0) is 4.79 Å². The first kappa shape index (κ1) is 9.80. The van der Waals surface area contributed by atoms with Crippen LogP contribution >= 0.6 is 11.8 Å². The molecule has 1 rings (SSSR count). The summed E-state index contributed by atoms with van der Waals surface area (Å²) in [4.78, 5) is 12.4. The maximum Gasteiger partial charge on any atom is 0.321 e. The predicted octanol–water partition coefficient (Wildman–Crippen LogP) is 0.458. The molecule has 0 aromatic heterocycles. The van der Waals surface area contributed by atoms with Crippen molar-refractivity contribution in [2.75, 3.05) is 31.3 Å². The molecule has 1 aliphatic heterocycles. The third kappa shape index (κ3) is 2.35. The number of halogens is 1. The minimum atomic E-state index is -0.837. The highest BCUT2D eigenvalue weighted by Crippen LogP contribution is 2.15. The van der Waals surface area contributed by atoms with Crippen molar-refractivity contribution in [1.82, 2.24) is 4.90 Å². The lowest BCUT2D eigenvalue weighted by Crippen LogP contribution is -2.47. The average molecular weight is 193 g/mol. The van der Waals surface area contributed by atoms with Crippen molar-refractivity contribution in [1.29, 1.82) is 0 Å². The first-order valence-electron chi connectivity index (χ1n) is 3.86. The van der Waals surface area contributed by atoms with Crippen molar-refractivity contribution in [2.45, 2.75) is 6.04 Å². The van der Waals surface area contributed by atoms with E-state index in [2.05, 4.69) is 0 Å². The number of aliphatic carboxylic acids is 1. The zero-order valence-corrected chi connectivity index (χ0v) is 7.52. The molecule has 70 valence electrons. The lowest BCUT2D eigenvalue weighted by molar-refractivity contribution is -0.142. The Balaban J connectivity index is 2.48. The topological polar surface area (TPSA) is 40.5 Å². The molecule has 0 aromatic rings. The van der Waals surface area contributed by atoms with Gasteiger partial charge in [-0.05, 0) is 0 Å². The molecule has 1 aliphatic rings. The molecule has 1 saturated heterocycles. The minimum Gasteiger partial charge on any atom is -0.480 e. The average Bonchev–Trinajstić information content (AvgIpc) is 2.05. The van der Waals surface area contributed by atoms with Gasteiger partial charge >= 0.3 is 5.97 Å². The molecule has 1 fully saturated rings. The van der Waals surface area contributed by atoms with Gasteiger partial charge in [-0.1, -0.05) is 0 Å². The predicted molar refractivity (Wildman–Crippen MR) is 46.3 cm³/mol. The van der Waals surface area contributed by atoms with Gasteiger partial charge in [-0.2, -0.15) is 11.8 Å². The van der Waals surface area contributed by atoms with Crippen LogP contribution in [0.4, 0.5) is 4.39 Å². The lowest BCUT2D eigenvalue weighted by Gasteiger charge is -2.31. The SMILES string of the molecule is O=C(O)C1CSCCN1CCF. The lowest BCUT2D eigenvalue weighted by atomic mass is 10.3. The largest absolute Gasteiger partial charge is 0.480 e. The fraction of sp³-hybridized carbons (Fsp3) is 0.857. The molecule has 0 amide bonds. The van der Waals surface area contributed by atoms with Gasteiger partial charge in [-0.15, -0.1) is 0 Å². The summed E-state index contributed by atoms with van der Waals surface area (Å²) in [6.07, 6.45) is 0. The molecule has 0 bridgehead atoms. The third-order valence-electron chi connectivity index (χ3n) is 1.90. The summed E-state index contributed by atoms with van der Waals surface area (Å²) in [5.41, 5.74) is 0. The Morgan fingerprint density at radius 2 is 2.50 bits per heavy atom. The van der Waals surface area contributed by atoms with Crippen LogP contribution in [0.2, 0.25) is 0 Å². The second kappa shape index (κ2) is 4.67. The summed E-state index contributed by atoms with van der Waals surface area (Å²) < 4.78 is 12.0. The highest BCUT2D eigenvalue weighted by Gasteiger charge is 2.27. The Morgan fingerprint density at radius 3 is 3.08 bits per heavy atom. The Labute approximate surface area is 74.9 Å². The molecule has 3 nitrogen and oxygen atoms in total. The molecule has 0 aliphatic carbocycles. The Hall–Kier alpha value is -0.290. The molecular weight excluding hydrogens is 181 g/mol. The van der Waals surface area contributed by atoms with Gasteiger partial charge in [0.2, 0.25) is 0 Å². The van der Waals surface area contributed by atoms with Crippen molar-refractivity contribution >= 4 is 17.7 Å². The number of hydrogen-bond acceptors (Lipinski definition) is 3. The summed E-state index contributed by atoms with van der Waals surface area (Å²) >= 11 is 1.62. The summed E-state index contributed by atoms with van der Waals surface area (Å²) in [6.45, 7) is 0.470. The van der Waals surface area contributed by atoms with Gasteiger partial charge in [-0.3, -0.25) is 9.69 Å². The smallest absolute Gasteiger partial charge is 0.321 e. The van der Waals surface area contributed by atoms with Gasteiger partial charge in [-0.25, -0.2) is 4.39 Å². The van der Waals surface area contributed by atoms with Gasteiger partial charge in [0.25, 0.3) is 0 Å². The van der Waals surface area contributed by atoms with E-state index in [4.69, 9.17) is 5.11 Å². The van der Waals surface area contributed by atoms with Crippen molar-refractivity contribution in [2.24, 2.45) is 0 Å². The van der Waals surface area contributed by atoms with E-state index in [0.29, 0.717) is 12.3 Å². The number of alkyl halides is 1. The van der Waals surface area contributed by atoms with E-state index in [9.17, 15) is 9.18 Å². The summed E-state index contributed by atoms with van der Waals surface area (Å²) in [5, 5.41) is 8.76. The van der Waals surface area contributed by atoms with Gasteiger partial charge in [0.15, 0.2) is 0 Å². The standard InChI is InChI=1S/C7H12FNO2S/c8-1-2-9-3-4-12-5-6(9)7(10)11/h6H,1-5H2,(H,10,11). The molecule has 0 aromatic carbocycles. The summed E-state index contributed by atoms with van der Waals surface area (Å²) in [5.74, 6) is 0.648. The zero-order chi connectivity index (χ0) is 8.97. The van der Waals surface area contributed by atoms with Crippen molar-refractivity contribution < 1.29 is 14.3 Å². The molecule has 0 saturated carbocycles. The normalized spacial score (nSPS) is 25.6. The van der Waals surface area contributed by atoms with E-state index in [1.807, 2.05) is 0 Å². The molecule has 1 N–H and O–H groups in total. The van der Waals surface area contributed by atoms with E-state index >= 15 is 0 Å². The second-order valence-corrected chi connectivity index (χ2v) is 3.80. The van der Waals surface area contributed by atoms with Crippen molar-refractivity contribution in [3.8, 4) is 0 Å². The monoisotopic (exact) mass is 193 g/mol. The van der Waals surface area contributed by atoms with Crippen LogP contribution in [0.3, 0.4) is 0 Å². The van der Waals surface area contributed by atoms with Gasteiger partial charge in [0.05, 0.1) is 0 Å². The second-order valence-electron chi connectivity index (χ2n) is 2.65. The molecule has 1 heterocycles. The van der Waals surface area contributed by atoms with Gasteiger partial charge in [0, 0.05) is 24.6 Å². The van der Waals surface area contributed by atoms with E-state index < -0.39 is 18.7 Å². The van der Waals surface area contributed by atoms with Crippen LogP contribution in [0.25, 0.3) is 0 Å². The number of thioether (sulfide) groups is 1. The molecule has 0 spiro atoms. The van der Waals surface area contributed by atoms with Crippen molar-refractivity contribution in [3.63, 3.8) is 0 Å². The highest BCUT2D eigenvalue weighted by atomic mass is 32.2. The molecule has 12 heavy (non-hydrogen) atoms.